The highest BCUT2D eigenvalue weighted by Crippen LogP contribution is 2.31. The maximum atomic E-state index is 12.5. The third kappa shape index (κ3) is 2.77. The second-order valence-electron chi connectivity index (χ2n) is 5.58. The number of rotatable bonds is 2. The van der Waals surface area contributed by atoms with Crippen molar-refractivity contribution >= 4 is 17.5 Å². The van der Waals surface area contributed by atoms with Crippen LogP contribution in [0.5, 0.6) is 5.75 Å². The van der Waals surface area contributed by atoms with Crippen molar-refractivity contribution in [2.45, 2.75) is 12.8 Å². The largest absolute Gasteiger partial charge is 0.482 e. The SMILES string of the molecule is C#CC1CCCN(C(=O)CN2C(=O)COc3ccccc32)C1. The average Bonchev–Trinajstić information content (AvgIpc) is 2.57. The van der Waals surface area contributed by atoms with E-state index in [9.17, 15) is 9.59 Å². The molecule has 2 amide bonds. The van der Waals surface area contributed by atoms with Gasteiger partial charge in [0.2, 0.25) is 5.91 Å². The smallest absolute Gasteiger partial charge is 0.265 e. The molecular formula is C17H18N2O3. The van der Waals surface area contributed by atoms with Crippen LogP contribution in [0, 0.1) is 18.3 Å². The van der Waals surface area contributed by atoms with Crippen LogP contribution in [0.15, 0.2) is 24.3 Å². The Morgan fingerprint density at radius 2 is 2.23 bits per heavy atom. The highest BCUT2D eigenvalue weighted by atomic mass is 16.5. The Bertz CT molecular complexity index is 635. The molecule has 0 saturated carbocycles. The number of hydrogen-bond donors (Lipinski definition) is 0. The summed E-state index contributed by atoms with van der Waals surface area (Å²) in [5, 5.41) is 0. The number of nitrogens with zero attached hydrogens (tertiary/aromatic N) is 2. The van der Waals surface area contributed by atoms with E-state index in [0.29, 0.717) is 24.5 Å². The highest BCUT2D eigenvalue weighted by Gasteiger charge is 2.30. The monoisotopic (exact) mass is 298 g/mol. The maximum absolute atomic E-state index is 12.5. The first-order valence-corrected chi connectivity index (χ1v) is 7.45. The third-order valence-corrected chi connectivity index (χ3v) is 4.11. The van der Waals surface area contributed by atoms with Gasteiger partial charge in [0.15, 0.2) is 6.61 Å². The van der Waals surface area contributed by atoms with Crippen LogP contribution >= 0.6 is 0 Å². The Morgan fingerprint density at radius 3 is 3.05 bits per heavy atom. The number of para-hydroxylation sites is 2. The number of carbonyl (C=O) groups excluding carboxylic acids is 2. The minimum atomic E-state index is -0.197. The van der Waals surface area contributed by atoms with Crippen molar-refractivity contribution in [3.63, 3.8) is 0 Å². The van der Waals surface area contributed by atoms with Crippen LogP contribution in [-0.2, 0) is 9.59 Å². The van der Waals surface area contributed by atoms with Crippen LogP contribution in [0.25, 0.3) is 0 Å². The minimum absolute atomic E-state index is 0.0305. The molecular weight excluding hydrogens is 280 g/mol. The summed E-state index contributed by atoms with van der Waals surface area (Å²) in [6.07, 6.45) is 7.34. The van der Waals surface area contributed by atoms with E-state index in [2.05, 4.69) is 5.92 Å². The molecule has 0 bridgehead atoms. The predicted octanol–water partition coefficient (Wildman–Crippen LogP) is 1.28. The fourth-order valence-electron chi connectivity index (χ4n) is 2.90. The molecule has 2 aliphatic rings. The van der Waals surface area contributed by atoms with Gasteiger partial charge in [0.25, 0.3) is 5.91 Å². The Balaban J connectivity index is 1.74. The van der Waals surface area contributed by atoms with Crippen molar-refractivity contribution in [3.8, 4) is 18.1 Å². The van der Waals surface area contributed by atoms with Gasteiger partial charge in [-0.15, -0.1) is 12.3 Å². The lowest BCUT2D eigenvalue weighted by Gasteiger charge is -2.34. The summed E-state index contributed by atoms with van der Waals surface area (Å²) in [6.45, 7) is 1.29. The quantitative estimate of drug-likeness (QED) is 0.773. The number of carbonyl (C=O) groups is 2. The molecule has 1 fully saturated rings. The normalized spacial score (nSPS) is 20.9. The van der Waals surface area contributed by atoms with Crippen molar-refractivity contribution in [1.82, 2.24) is 4.90 Å². The van der Waals surface area contributed by atoms with E-state index in [1.165, 1.54) is 4.90 Å². The molecule has 0 aromatic heterocycles. The summed E-state index contributed by atoms with van der Waals surface area (Å²) in [5.41, 5.74) is 0.651. The molecule has 1 aromatic rings. The lowest BCUT2D eigenvalue weighted by Crippen LogP contribution is -2.48. The summed E-state index contributed by atoms with van der Waals surface area (Å²) in [7, 11) is 0. The Labute approximate surface area is 129 Å². The maximum Gasteiger partial charge on any atom is 0.265 e. The van der Waals surface area contributed by atoms with Crippen LogP contribution < -0.4 is 9.64 Å². The van der Waals surface area contributed by atoms with Crippen molar-refractivity contribution in [1.29, 1.82) is 0 Å². The van der Waals surface area contributed by atoms with E-state index in [1.54, 1.807) is 17.0 Å². The first kappa shape index (κ1) is 14.5. The van der Waals surface area contributed by atoms with Gasteiger partial charge in [-0.2, -0.15) is 0 Å². The number of ether oxygens (including phenoxy) is 1. The Kier molecular flexibility index (Phi) is 4.01. The number of terminal acetylenes is 1. The third-order valence-electron chi connectivity index (χ3n) is 4.11. The van der Waals surface area contributed by atoms with Crippen LogP contribution in [0.3, 0.4) is 0 Å². The molecule has 2 heterocycles. The molecule has 1 atom stereocenters. The number of amides is 2. The van der Waals surface area contributed by atoms with Gasteiger partial charge in [-0.3, -0.25) is 14.5 Å². The fraction of sp³-hybridized carbons (Fsp3) is 0.412. The van der Waals surface area contributed by atoms with Crippen molar-refractivity contribution in [2.75, 3.05) is 31.1 Å². The van der Waals surface area contributed by atoms with E-state index in [-0.39, 0.29) is 30.9 Å². The Hall–Kier alpha value is -2.48. The van der Waals surface area contributed by atoms with Crippen molar-refractivity contribution in [3.05, 3.63) is 24.3 Å². The molecule has 0 N–H and O–H groups in total. The molecule has 3 rings (SSSR count). The molecule has 5 heteroatoms. The molecule has 0 radical (unpaired) electrons. The van der Waals surface area contributed by atoms with Gasteiger partial charge in [0.05, 0.1) is 5.69 Å². The van der Waals surface area contributed by atoms with Crippen LogP contribution in [-0.4, -0.2) is 43.0 Å². The summed E-state index contributed by atoms with van der Waals surface area (Å²) in [5.74, 6) is 3.21. The van der Waals surface area contributed by atoms with Gasteiger partial charge in [0.1, 0.15) is 12.3 Å². The van der Waals surface area contributed by atoms with Gasteiger partial charge in [-0.25, -0.2) is 0 Å². The molecule has 1 saturated heterocycles. The van der Waals surface area contributed by atoms with Gasteiger partial charge in [-0.1, -0.05) is 12.1 Å². The van der Waals surface area contributed by atoms with Gasteiger partial charge in [0, 0.05) is 19.0 Å². The number of hydrogen-bond acceptors (Lipinski definition) is 3. The molecule has 1 aromatic carbocycles. The topological polar surface area (TPSA) is 49.9 Å². The number of piperidine rings is 1. The molecule has 0 spiro atoms. The van der Waals surface area contributed by atoms with E-state index in [4.69, 9.17) is 11.2 Å². The lowest BCUT2D eigenvalue weighted by atomic mass is 9.99. The van der Waals surface area contributed by atoms with E-state index >= 15 is 0 Å². The van der Waals surface area contributed by atoms with E-state index in [0.717, 1.165) is 12.8 Å². The summed E-state index contributed by atoms with van der Waals surface area (Å²) in [6, 6.07) is 7.26. The van der Waals surface area contributed by atoms with Crippen LogP contribution in [0.2, 0.25) is 0 Å². The highest BCUT2D eigenvalue weighted by molar-refractivity contribution is 6.02. The number of likely N-dealkylation sites (tertiary alicyclic amines) is 1. The first-order valence-electron chi connectivity index (χ1n) is 7.45. The van der Waals surface area contributed by atoms with Gasteiger partial charge in [-0.05, 0) is 25.0 Å². The zero-order valence-corrected chi connectivity index (χ0v) is 12.3. The average molecular weight is 298 g/mol. The molecule has 0 aliphatic carbocycles. The van der Waals surface area contributed by atoms with Gasteiger partial charge >= 0.3 is 0 Å². The second kappa shape index (κ2) is 6.10. The van der Waals surface area contributed by atoms with Gasteiger partial charge < -0.3 is 9.64 Å². The summed E-state index contributed by atoms with van der Waals surface area (Å²) >= 11 is 0. The van der Waals surface area contributed by atoms with E-state index < -0.39 is 0 Å². The Morgan fingerprint density at radius 1 is 1.41 bits per heavy atom. The zero-order valence-electron chi connectivity index (χ0n) is 12.3. The summed E-state index contributed by atoms with van der Waals surface area (Å²) in [4.78, 5) is 27.9. The zero-order chi connectivity index (χ0) is 15.5. The first-order chi connectivity index (χ1) is 10.7. The predicted molar refractivity (Wildman–Crippen MR) is 82.4 cm³/mol. The number of benzene rings is 1. The van der Waals surface area contributed by atoms with Crippen LogP contribution in [0.4, 0.5) is 5.69 Å². The molecule has 1 unspecified atom stereocenters. The van der Waals surface area contributed by atoms with Crippen molar-refractivity contribution in [2.24, 2.45) is 5.92 Å². The number of fused-ring (bicyclic) bond motifs is 1. The molecule has 22 heavy (non-hydrogen) atoms. The minimum Gasteiger partial charge on any atom is -0.482 e. The fourth-order valence-corrected chi connectivity index (χ4v) is 2.90. The lowest BCUT2D eigenvalue weighted by molar-refractivity contribution is -0.133. The summed E-state index contributed by atoms with van der Waals surface area (Å²) < 4.78 is 5.38. The standard InChI is InChI=1S/C17H18N2O3/c1-2-13-6-5-9-18(10-13)16(20)11-19-14-7-3-4-8-15(14)22-12-17(19)21/h1,3-4,7-8,13H,5-6,9-12H2. The molecule has 5 nitrogen and oxygen atoms in total. The van der Waals surface area contributed by atoms with Crippen molar-refractivity contribution < 1.29 is 14.3 Å². The second-order valence-corrected chi connectivity index (χ2v) is 5.58. The van der Waals surface area contributed by atoms with E-state index in [1.807, 2.05) is 12.1 Å². The number of anilines is 1. The molecule has 2 aliphatic heterocycles. The molecule has 114 valence electrons. The van der Waals surface area contributed by atoms with Crippen LogP contribution in [0.1, 0.15) is 12.8 Å².